The summed E-state index contributed by atoms with van der Waals surface area (Å²) >= 11 is 3.53. The average Bonchev–Trinajstić information content (AvgIpc) is 2.27. The molecule has 0 aliphatic heterocycles. The molecule has 1 unspecified atom stereocenters. The first-order chi connectivity index (χ1) is 8.27. The van der Waals surface area contributed by atoms with E-state index in [2.05, 4.69) is 20.9 Å². The number of benzene rings is 1. The lowest BCUT2D eigenvalue weighted by Crippen LogP contribution is -2.20. The molecular weight excluding hydrogens is 278 g/mol. The van der Waals surface area contributed by atoms with Gasteiger partial charge in [0.2, 0.25) is 0 Å². The number of nitrogens with zero attached hydrogens (tertiary/aromatic N) is 1. The van der Waals surface area contributed by atoms with E-state index in [-0.39, 0.29) is 6.10 Å². The maximum atomic E-state index is 10.4. The fraction of sp³-hybridized carbons (Fsp3) is 0.357. The van der Waals surface area contributed by atoms with Crippen molar-refractivity contribution in [3.8, 4) is 0 Å². The zero-order chi connectivity index (χ0) is 11.8. The van der Waals surface area contributed by atoms with Crippen LogP contribution in [0.15, 0.2) is 34.9 Å². The highest BCUT2D eigenvalue weighted by Crippen LogP contribution is 2.40. The first kappa shape index (κ1) is 11.2. The number of aliphatic hydroxyl groups is 1. The summed E-state index contributed by atoms with van der Waals surface area (Å²) in [6, 6.07) is 7.94. The summed E-state index contributed by atoms with van der Waals surface area (Å²) in [6.45, 7) is 0. The second-order valence-electron chi connectivity index (χ2n) is 4.67. The third-order valence-corrected chi connectivity index (χ3v) is 4.35. The predicted octanol–water partition coefficient (Wildman–Crippen LogP) is 3.83. The molecule has 1 aromatic carbocycles. The molecule has 0 bridgehead atoms. The van der Waals surface area contributed by atoms with Gasteiger partial charge in [-0.05, 0) is 30.9 Å². The van der Waals surface area contributed by atoms with Crippen molar-refractivity contribution in [2.24, 2.45) is 5.92 Å². The molecule has 2 nitrogen and oxygen atoms in total. The number of hydrogen-bond donors (Lipinski definition) is 1. The van der Waals surface area contributed by atoms with Crippen LogP contribution in [-0.2, 0) is 0 Å². The van der Waals surface area contributed by atoms with Crippen LogP contribution >= 0.6 is 15.9 Å². The van der Waals surface area contributed by atoms with Crippen LogP contribution in [0.2, 0.25) is 0 Å². The summed E-state index contributed by atoms with van der Waals surface area (Å²) in [5.41, 5.74) is 1.88. The molecule has 1 aliphatic carbocycles. The molecule has 1 N–H and O–H groups in total. The molecule has 1 atom stereocenters. The molecule has 88 valence electrons. The smallest absolute Gasteiger partial charge is 0.0839 e. The fourth-order valence-corrected chi connectivity index (χ4v) is 2.86. The van der Waals surface area contributed by atoms with E-state index in [1.807, 2.05) is 24.3 Å². The van der Waals surface area contributed by atoms with Crippen LogP contribution in [0.25, 0.3) is 10.9 Å². The minimum absolute atomic E-state index is 0.366. The monoisotopic (exact) mass is 291 g/mol. The first-order valence-electron chi connectivity index (χ1n) is 5.98. The van der Waals surface area contributed by atoms with Crippen molar-refractivity contribution >= 4 is 26.8 Å². The van der Waals surface area contributed by atoms with E-state index in [4.69, 9.17) is 0 Å². The molecule has 2 aromatic rings. The Kier molecular flexibility index (Phi) is 2.89. The topological polar surface area (TPSA) is 33.1 Å². The van der Waals surface area contributed by atoms with E-state index in [0.29, 0.717) is 5.92 Å². The second-order valence-corrected chi connectivity index (χ2v) is 5.53. The number of hydrogen-bond acceptors (Lipinski definition) is 2. The summed E-state index contributed by atoms with van der Waals surface area (Å²) < 4.78 is 1.03. The van der Waals surface area contributed by atoms with Crippen molar-refractivity contribution in [3.05, 3.63) is 40.5 Å². The Bertz CT molecular complexity index is 551. The molecule has 0 spiro atoms. The molecule has 0 saturated heterocycles. The zero-order valence-corrected chi connectivity index (χ0v) is 11.0. The zero-order valence-electron chi connectivity index (χ0n) is 9.44. The van der Waals surface area contributed by atoms with Crippen LogP contribution in [0.3, 0.4) is 0 Å². The third-order valence-electron chi connectivity index (χ3n) is 3.66. The van der Waals surface area contributed by atoms with Gasteiger partial charge in [0.05, 0.1) is 11.6 Å². The lowest BCUT2D eigenvalue weighted by atomic mass is 9.78. The van der Waals surface area contributed by atoms with E-state index in [0.717, 1.165) is 33.8 Å². The third kappa shape index (κ3) is 1.87. The molecule has 1 aromatic heterocycles. The van der Waals surface area contributed by atoms with E-state index >= 15 is 0 Å². The molecule has 3 rings (SSSR count). The SMILES string of the molecule is OC(c1ccc(Br)c2cccnc12)C1CCC1. The summed E-state index contributed by atoms with van der Waals surface area (Å²) in [7, 11) is 0. The van der Waals surface area contributed by atoms with Crippen molar-refractivity contribution in [1.29, 1.82) is 0 Å². The lowest BCUT2D eigenvalue weighted by molar-refractivity contribution is 0.0631. The highest BCUT2D eigenvalue weighted by molar-refractivity contribution is 9.10. The molecule has 1 aliphatic rings. The standard InChI is InChI=1S/C14H14BrNO/c15-12-7-6-11(14(17)9-3-1-4-9)13-10(12)5-2-8-16-13/h2,5-9,14,17H,1,3-4H2. The van der Waals surface area contributed by atoms with Gasteiger partial charge < -0.3 is 5.11 Å². The molecule has 0 radical (unpaired) electrons. The van der Waals surface area contributed by atoms with Crippen LogP contribution < -0.4 is 0 Å². The summed E-state index contributed by atoms with van der Waals surface area (Å²) in [5.74, 6) is 0.418. The van der Waals surface area contributed by atoms with Gasteiger partial charge in [-0.3, -0.25) is 4.98 Å². The minimum atomic E-state index is -0.366. The van der Waals surface area contributed by atoms with Crippen molar-refractivity contribution in [2.45, 2.75) is 25.4 Å². The van der Waals surface area contributed by atoms with Gasteiger partial charge >= 0.3 is 0 Å². The van der Waals surface area contributed by atoms with E-state index in [1.165, 1.54) is 6.42 Å². The van der Waals surface area contributed by atoms with Gasteiger partial charge in [0.1, 0.15) is 0 Å². The lowest BCUT2D eigenvalue weighted by Gasteiger charge is -2.30. The van der Waals surface area contributed by atoms with Gasteiger partial charge in [-0.25, -0.2) is 0 Å². The van der Waals surface area contributed by atoms with Gasteiger partial charge in [-0.1, -0.05) is 34.5 Å². The number of pyridine rings is 1. The summed E-state index contributed by atoms with van der Waals surface area (Å²) in [6.07, 6.45) is 4.92. The number of aromatic nitrogens is 1. The normalized spacial score (nSPS) is 18.0. The average molecular weight is 292 g/mol. The van der Waals surface area contributed by atoms with Gasteiger partial charge in [0.15, 0.2) is 0 Å². The molecule has 1 fully saturated rings. The van der Waals surface area contributed by atoms with Gasteiger partial charge in [0.25, 0.3) is 0 Å². The number of aliphatic hydroxyl groups excluding tert-OH is 1. The number of fused-ring (bicyclic) bond motifs is 1. The quantitative estimate of drug-likeness (QED) is 0.912. The predicted molar refractivity (Wildman–Crippen MR) is 71.7 cm³/mol. The van der Waals surface area contributed by atoms with Crippen LogP contribution in [0.5, 0.6) is 0 Å². The Morgan fingerprint density at radius 3 is 2.82 bits per heavy atom. The van der Waals surface area contributed by atoms with Gasteiger partial charge in [-0.2, -0.15) is 0 Å². The first-order valence-corrected chi connectivity index (χ1v) is 6.78. The molecule has 1 saturated carbocycles. The van der Waals surface area contributed by atoms with Crippen molar-refractivity contribution in [1.82, 2.24) is 4.98 Å². The Morgan fingerprint density at radius 2 is 2.12 bits per heavy atom. The number of halogens is 1. The molecule has 3 heteroatoms. The van der Waals surface area contributed by atoms with Crippen molar-refractivity contribution < 1.29 is 5.11 Å². The van der Waals surface area contributed by atoms with Crippen LogP contribution in [0.4, 0.5) is 0 Å². The highest BCUT2D eigenvalue weighted by atomic mass is 79.9. The van der Waals surface area contributed by atoms with Crippen LogP contribution in [0, 0.1) is 5.92 Å². The van der Waals surface area contributed by atoms with Crippen LogP contribution in [0.1, 0.15) is 30.9 Å². The van der Waals surface area contributed by atoms with E-state index in [9.17, 15) is 5.11 Å². The minimum Gasteiger partial charge on any atom is -0.388 e. The molecule has 1 heterocycles. The Morgan fingerprint density at radius 1 is 1.29 bits per heavy atom. The molecular formula is C14H14BrNO. The Balaban J connectivity index is 2.12. The maximum absolute atomic E-state index is 10.4. The van der Waals surface area contributed by atoms with Crippen molar-refractivity contribution in [2.75, 3.05) is 0 Å². The largest absolute Gasteiger partial charge is 0.388 e. The van der Waals surface area contributed by atoms with E-state index < -0.39 is 0 Å². The summed E-state index contributed by atoms with van der Waals surface area (Å²) in [4.78, 5) is 4.41. The Labute approximate surface area is 109 Å². The summed E-state index contributed by atoms with van der Waals surface area (Å²) in [5, 5.41) is 11.4. The van der Waals surface area contributed by atoms with Crippen molar-refractivity contribution in [3.63, 3.8) is 0 Å². The highest BCUT2D eigenvalue weighted by Gasteiger charge is 2.28. The van der Waals surface area contributed by atoms with Crippen LogP contribution in [-0.4, -0.2) is 10.1 Å². The number of rotatable bonds is 2. The van der Waals surface area contributed by atoms with Gasteiger partial charge in [-0.15, -0.1) is 0 Å². The molecule has 17 heavy (non-hydrogen) atoms. The molecule has 0 amide bonds. The second kappa shape index (κ2) is 4.39. The fourth-order valence-electron chi connectivity index (χ4n) is 2.41. The maximum Gasteiger partial charge on any atom is 0.0839 e. The van der Waals surface area contributed by atoms with Gasteiger partial charge in [0, 0.05) is 21.6 Å². The van der Waals surface area contributed by atoms with E-state index in [1.54, 1.807) is 6.20 Å². The Hall–Kier alpha value is -0.930.